The molecule has 0 bridgehead atoms. The Balaban J connectivity index is 2.28. The molecule has 0 fully saturated rings. The van der Waals surface area contributed by atoms with Gasteiger partial charge in [-0.25, -0.2) is 17.6 Å². The lowest BCUT2D eigenvalue weighted by molar-refractivity contribution is -0.144. The lowest BCUT2D eigenvalue weighted by atomic mass is 9.86. The Morgan fingerprint density at radius 1 is 1.16 bits per heavy atom. The SMILES string of the molecule is Cc1c([C@](N)(CCCO)C(=O)O)cc(-c2ccc(S(C)(=O)=O)cc2)n1-c1cccc(F)c1. The van der Waals surface area contributed by atoms with Gasteiger partial charge in [0.2, 0.25) is 0 Å². The quantitative estimate of drug-likeness (QED) is 0.475. The number of sulfone groups is 1. The first kappa shape index (κ1) is 23.6. The summed E-state index contributed by atoms with van der Waals surface area (Å²) in [5.74, 6) is -1.71. The Hall–Kier alpha value is -3.01. The lowest BCUT2D eigenvalue weighted by Gasteiger charge is -2.25. The Morgan fingerprint density at radius 3 is 2.34 bits per heavy atom. The molecule has 1 aromatic heterocycles. The van der Waals surface area contributed by atoms with Gasteiger partial charge in [0.15, 0.2) is 9.84 Å². The number of hydrogen-bond acceptors (Lipinski definition) is 5. The third kappa shape index (κ3) is 4.45. The molecule has 0 saturated carbocycles. The fourth-order valence-corrected chi connectivity index (χ4v) is 4.44. The fraction of sp³-hybridized carbons (Fsp3) is 0.261. The molecule has 2 aromatic carbocycles. The Bertz CT molecular complexity index is 1250. The molecule has 7 nitrogen and oxygen atoms in total. The molecule has 32 heavy (non-hydrogen) atoms. The second kappa shape index (κ2) is 8.85. The van der Waals surface area contributed by atoms with E-state index in [1.807, 2.05) is 0 Å². The molecule has 0 amide bonds. The largest absolute Gasteiger partial charge is 0.480 e. The van der Waals surface area contributed by atoms with Gasteiger partial charge in [0.05, 0.1) is 10.6 Å². The van der Waals surface area contributed by atoms with Crippen molar-refractivity contribution in [1.29, 1.82) is 0 Å². The number of nitrogens with zero attached hydrogens (tertiary/aromatic N) is 1. The molecule has 1 atom stereocenters. The number of benzene rings is 2. The van der Waals surface area contributed by atoms with Gasteiger partial charge in [-0.3, -0.25) is 0 Å². The van der Waals surface area contributed by atoms with E-state index in [0.717, 1.165) is 6.26 Å². The van der Waals surface area contributed by atoms with Crippen LogP contribution in [-0.2, 0) is 20.2 Å². The van der Waals surface area contributed by atoms with Gasteiger partial charge in [0.1, 0.15) is 11.4 Å². The maximum Gasteiger partial charge on any atom is 0.328 e. The van der Waals surface area contributed by atoms with Crippen molar-refractivity contribution in [1.82, 2.24) is 4.57 Å². The molecular formula is C23H25FN2O5S. The van der Waals surface area contributed by atoms with Crippen LogP contribution in [0, 0.1) is 12.7 Å². The van der Waals surface area contributed by atoms with Gasteiger partial charge in [-0.05, 0) is 61.7 Å². The van der Waals surface area contributed by atoms with Crippen molar-refractivity contribution in [3.63, 3.8) is 0 Å². The summed E-state index contributed by atoms with van der Waals surface area (Å²) in [6, 6.07) is 13.6. The monoisotopic (exact) mass is 460 g/mol. The molecule has 0 aliphatic carbocycles. The number of carbonyl (C=O) groups is 1. The molecule has 0 aliphatic heterocycles. The van der Waals surface area contributed by atoms with Crippen LogP contribution in [-0.4, -0.2) is 42.0 Å². The van der Waals surface area contributed by atoms with Gasteiger partial charge >= 0.3 is 5.97 Å². The third-order valence-corrected chi connectivity index (χ3v) is 6.61. The molecule has 0 spiro atoms. The fourth-order valence-electron chi connectivity index (χ4n) is 3.81. The number of carboxylic acids is 1. The minimum atomic E-state index is -3.40. The van der Waals surface area contributed by atoms with Gasteiger partial charge in [-0.2, -0.15) is 0 Å². The molecule has 3 rings (SSSR count). The van der Waals surface area contributed by atoms with Crippen LogP contribution in [0.5, 0.6) is 0 Å². The number of aliphatic hydroxyl groups is 1. The van der Waals surface area contributed by atoms with Crippen LogP contribution >= 0.6 is 0 Å². The van der Waals surface area contributed by atoms with E-state index in [0.29, 0.717) is 28.2 Å². The highest BCUT2D eigenvalue weighted by atomic mass is 32.2. The Labute approximate surface area is 185 Å². The zero-order chi connectivity index (χ0) is 23.7. The number of aromatic nitrogens is 1. The highest BCUT2D eigenvalue weighted by Gasteiger charge is 2.39. The van der Waals surface area contributed by atoms with Crippen LogP contribution in [0.2, 0.25) is 0 Å². The molecule has 4 N–H and O–H groups in total. The normalized spacial score (nSPS) is 13.7. The first-order valence-corrected chi connectivity index (χ1v) is 11.8. The number of halogens is 1. The molecule has 0 radical (unpaired) electrons. The zero-order valence-electron chi connectivity index (χ0n) is 17.7. The van der Waals surface area contributed by atoms with Crippen molar-refractivity contribution in [2.24, 2.45) is 5.73 Å². The smallest absolute Gasteiger partial charge is 0.328 e. The van der Waals surface area contributed by atoms with Crippen molar-refractivity contribution in [3.05, 3.63) is 71.7 Å². The van der Waals surface area contributed by atoms with Gasteiger partial charge in [-0.15, -0.1) is 0 Å². The standard InChI is InChI=1S/C23H25FN2O5S/c1-15-20(23(25,22(28)29)11-4-12-27)14-21(26(15)18-6-3-5-17(24)13-18)16-7-9-19(10-8-16)32(2,30)31/h3,5-10,13-14,27H,4,11-12,25H2,1-2H3,(H,28,29)/t23-/m1/s1. The van der Waals surface area contributed by atoms with E-state index in [9.17, 15) is 27.8 Å². The highest BCUT2D eigenvalue weighted by Crippen LogP contribution is 2.36. The van der Waals surface area contributed by atoms with Crippen molar-refractivity contribution >= 4 is 15.8 Å². The van der Waals surface area contributed by atoms with Crippen molar-refractivity contribution in [2.45, 2.75) is 30.2 Å². The number of aliphatic carboxylic acids is 1. The molecule has 9 heteroatoms. The average Bonchev–Trinajstić information content (AvgIpc) is 3.09. The summed E-state index contributed by atoms with van der Waals surface area (Å²) in [4.78, 5) is 12.3. The molecule has 1 heterocycles. The summed E-state index contributed by atoms with van der Waals surface area (Å²) in [6.07, 6.45) is 1.29. The number of hydrogen-bond donors (Lipinski definition) is 3. The lowest BCUT2D eigenvalue weighted by Crippen LogP contribution is -2.45. The molecule has 3 aromatic rings. The summed E-state index contributed by atoms with van der Waals surface area (Å²) >= 11 is 0. The number of carboxylic acid groups (broad SMARTS) is 1. The molecule has 170 valence electrons. The number of nitrogens with two attached hydrogens (primary N) is 1. The predicted molar refractivity (Wildman–Crippen MR) is 119 cm³/mol. The van der Waals surface area contributed by atoms with E-state index in [1.165, 1.54) is 24.3 Å². The van der Waals surface area contributed by atoms with Gasteiger partial charge in [0.25, 0.3) is 0 Å². The summed E-state index contributed by atoms with van der Waals surface area (Å²) in [6.45, 7) is 1.48. The molecule has 0 aliphatic rings. The third-order valence-electron chi connectivity index (χ3n) is 5.48. The first-order chi connectivity index (χ1) is 15.0. The van der Waals surface area contributed by atoms with Gasteiger partial charge in [-0.1, -0.05) is 18.2 Å². The maximum atomic E-state index is 14.0. The Morgan fingerprint density at radius 2 is 1.81 bits per heavy atom. The van der Waals surface area contributed by atoms with E-state index in [1.54, 1.807) is 41.8 Å². The second-order valence-electron chi connectivity index (χ2n) is 7.74. The average molecular weight is 461 g/mol. The van der Waals surface area contributed by atoms with Gasteiger partial charge < -0.3 is 20.5 Å². The van der Waals surface area contributed by atoms with Gasteiger partial charge in [0, 0.05) is 29.8 Å². The highest BCUT2D eigenvalue weighted by molar-refractivity contribution is 7.90. The number of rotatable bonds is 8. The zero-order valence-corrected chi connectivity index (χ0v) is 18.6. The summed E-state index contributed by atoms with van der Waals surface area (Å²) < 4.78 is 39.3. The van der Waals surface area contributed by atoms with E-state index in [-0.39, 0.29) is 24.3 Å². The van der Waals surface area contributed by atoms with Crippen LogP contribution in [0.1, 0.15) is 24.1 Å². The van der Waals surface area contributed by atoms with E-state index >= 15 is 0 Å². The van der Waals surface area contributed by atoms with Crippen LogP contribution in [0.25, 0.3) is 16.9 Å². The summed E-state index contributed by atoms with van der Waals surface area (Å²) in [5.41, 5.74) is 6.97. The van der Waals surface area contributed by atoms with Crippen LogP contribution in [0.15, 0.2) is 59.5 Å². The maximum absolute atomic E-state index is 14.0. The second-order valence-corrected chi connectivity index (χ2v) is 9.76. The van der Waals surface area contributed by atoms with Crippen LogP contribution in [0.3, 0.4) is 0 Å². The van der Waals surface area contributed by atoms with Crippen molar-refractivity contribution < 1.29 is 27.8 Å². The topological polar surface area (TPSA) is 123 Å². The predicted octanol–water partition coefficient (Wildman–Crippen LogP) is 3.01. The van der Waals surface area contributed by atoms with E-state index in [4.69, 9.17) is 5.73 Å². The molecule has 0 unspecified atom stereocenters. The van der Waals surface area contributed by atoms with Crippen LogP contribution in [0.4, 0.5) is 4.39 Å². The van der Waals surface area contributed by atoms with Crippen LogP contribution < -0.4 is 5.73 Å². The van der Waals surface area contributed by atoms with Crippen molar-refractivity contribution in [3.8, 4) is 16.9 Å². The van der Waals surface area contributed by atoms with E-state index in [2.05, 4.69) is 0 Å². The van der Waals surface area contributed by atoms with E-state index < -0.39 is 27.2 Å². The molecular weight excluding hydrogens is 435 g/mol. The first-order valence-electron chi connectivity index (χ1n) is 9.91. The summed E-state index contributed by atoms with van der Waals surface area (Å²) in [5, 5.41) is 19.1. The number of aliphatic hydroxyl groups excluding tert-OH is 1. The Kier molecular flexibility index (Phi) is 6.54. The molecule has 0 saturated heterocycles. The minimum absolute atomic E-state index is 0.000701. The summed E-state index contributed by atoms with van der Waals surface area (Å²) in [7, 11) is -3.40. The minimum Gasteiger partial charge on any atom is -0.480 e. The van der Waals surface area contributed by atoms with Crippen molar-refractivity contribution in [2.75, 3.05) is 12.9 Å².